The molecular weight excluding hydrogens is 458 g/mol. The molecule has 0 fully saturated rings. The summed E-state index contributed by atoms with van der Waals surface area (Å²) in [6.45, 7) is 1.66. The highest BCUT2D eigenvalue weighted by atomic mass is 16.7. The molecule has 184 valence electrons. The second-order valence-corrected chi connectivity index (χ2v) is 7.78. The fraction of sp³-hybridized carbons (Fsp3) is 0.280. The lowest BCUT2D eigenvalue weighted by Crippen LogP contribution is -2.21. The molecule has 1 atom stereocenters. The number of hydrogen-bond acceptors (Lipinski definition) is 9. The lowest BCUT2D eigenvalue weighted by atomic mass is 9.88. The maximum absolute atomic E-state index is 13.1. The van der Waals surface area contributed by atoms with E-state index < -0.39 is 17.5 Å². The molecular formula is C25H25NO9. The van der Waals surface area contributed by atoms with Gasteiger partial charge >= 0.3 is 5.63 Å². The molecule has 0 saturated heterocycles. The van der Waals surface area contributed by atoms with Crippen LogP contribution in [0.4, 0.5) is 5.69 Å². The van der Waals surface area contributed by atoms with Gasteiger partial charge < -0.3 is 38.5 Å². The van der Waals surface area contributed by atoms with Crippen molar-refractivity contribution in [1.29, 1.82) is 0 Å². The molecule has 4 rings (SSSR count). The first kappa shape index (κ1) is 23.8. The van der Waals surface area contributed by atoms with E-state index in [-0.39, 0.29) is 30.3 Å². The Hall–Kier alpha value is -4.34. The van der Waals surface area contributed by atoms with Crippen molar-refractivity contribution in [2.24, 2.45) is 0 Å². The van der Waals surface area contributed by atoms with E-state index in [9.17, 15) is 14.7 Å². The zero-order valence-electron chi connectivity index (χ0n) is 19.7. The van der Waals surface area contributed by atoms with Gasteiger partial charge in [-0.25, -0.2) is 4.79 Å². The largest absolute Gasteiger partial charge is 0.507 e. The number of ether oxygens (including phenoxy) is 5. The van der Waals surface area contributed by atoms with Crippen LogP contribution in [0.25, 0.3) is 0 Å². The van der Waals surface area contributed by atoms with Crippen LogP contribution in [0, 0.1) is 6.92 Å². The van der Waals surface area contributed by atoms with Gasteiger partial charge in [-0.2, -0.15) is 0 Å². The molecule has 0 bridgehead atoms. The third-order valence-electron chi connectivity index (χ3n) is 5.57. The van der Waals surface area contributed by atoms with Crippen LogP contribution < -0.4 is 34.6 Å². The predicted octanol–water partition coefficient (Wildman–Crippen LogP) is 3.57. The molecule has 35 heavy (non-hydrogen) atoms. The number of anilines is 1. The maximum atomic E-state index is 13.1. The summed E-state index contributed by atoms with van der Waals surface area (Å²) in [5.41, 5.74) is 0.151. The molecule has 1 unspecified atom stereocenters. The lowest BCUT2D eigenvalue weighted by Gasteiger charge is -2.21. The summed E-state index contributed by atoms with van der Waals surface area (Å²) in [5, 5.41) is 13.5. The molecule has 1 amide bonds. The van der Waals surface area contributed by atoms with Crippen molar-refractivity contribution in [2.75, 3.05) is 33.4 Å². The molecule has 3 aromatic rings. The van der Waals surface area contributed by atoms with Gasteiger partial charge in [-0.1, -0.05) is 0 Å². The molecule has 2 N–H and O–H groups in total. The quantitative estimate of drug-likeness (QED) is 0.494. The second-order valence-electron chi connectivity index (χ2n) is 7.78. The highest BCUT2D eigenvalue weighted by Gasteiger charge is 2.28. The summed E-state index contributed by atoms with van der Waals surface area (Å²) in [5.74, 6) is 0.761. The Kier molecular flexibility index (Phi) is 6.72. The maximum Gasteiger partial charge on any atom is 0.343 e. The summed E-state index contributed by atoms with van der Waals surface area (Å²) in [7, 11) is 4.39. The molecule has 1 aromatic heterocycles. The number of rotatable bonds is 8. The number of carbonyl (C=O) groups is 1. The van der Waals surface area contributed by atoms with Gasteiger partial charge in [-0.05, 0) is 36.8 Å². The van der Waals surface area contributed by atoms with E-state index >= 15 is 0 Å². The average molecular weight is 483 g/mol. The topological polar surface area (TPSA) is 126 Å². The first-order valence-electron chi connectivity index (χ1n) is 10.7. The van der Waals surface area contributed by atoms with E-state index in [2.05, 4.69) is 5.32 Å². The fourth-order valence-corrected chi connectivity index (χ4v) is 3.99. The number of amides is 1. The van der Waals surface area contributed by atoms with Gasteiger partial charge in [-0.3, -0.25) is 4.79 Å². The Balaban J connectivity index is 1.74. The van der Waals surface area contributed by atoms with Crippen molar-refractivity contribution in [1.82, 2.24) is 0 Å². The summed E-state index contributed by atoms with van der Waals surface area (Å²) in [6.07, 6.45) is -0.200. The fourth-order valence-electron chi connectivity index (χ4n) is 3.99. The molecule has 2 heterocycles. The van der Waals surface area contributed by atoms with Crippen LogP contribution in [0.1, 0.15) is 29.2 Å². The minimum absolute atomic E-state index is 0.0642. The third kappa shape index (κ3) is 4.81. The summed E-state index contributed by atoms with van der Waals surface area (Å²) >= 11 is 0. The van der Waals surface area contributed by atoms with Crippen LogP contribution in [-0.4, -0.2) is 39.1 Å². The smallest absolute Gasteiger partial charge is 0.343 e. The molecule has 10 nitrogen and oxygen atoms in total. The SMILES string of the molecule is COc1cc(C(CC(=O)Nc2ccc3c(c2)OCO3)c2c(O)cc(C)oc2=O)cc(OC)c1OC. The second kappa shape index (κ2) is 9.88. The number of benzene rings is 2. The molecule has 10 heteroatoms. The first-order chi connectivity index (χ1) is 16.8. The van der Waals surface area contributed by atoms with Crippen molar-refractivity contribution in [3.05, 3.63) is 63.7 Å². The first-order valence-corrected chi connectivity index (χ1v) is 10.7. The number of methoxy groups -OCH3 is 3. The molecule has 0 spiro atoms. The van der Waals surface area contributed by atoms with Crippen molar-refractivity contribution >= 4 is 11.6 Å². The number of hydrogen-bond donors (Lipinski definition) is 2. The van der Waals surface area contributed by atoms with Crippen molar-refractivity contribution < 1.29 is 38.0 Å². The molecule has 1 aliphatic heterocycles. The number of aromatic hydroxyl groups is 1. The van der Waals surface area contributed by atoms with E-state index in [1.165, 1.54) is 27.4 Å². The van der Waals surface area contributed by atoms with E-state index in [0.29, 0.717) is 40.0 Å². The zero-order valence-corrected chi connectivity index (χ0v) is 19.7. The Morgan fingerprint density at radius 1 is 1.03 bits per heavy atom. The predicted molar refractivity (Wildman–Crippen MR) is 125 cm³/mol. The average Bonchev–Trinajstić information content (AvgIpc) is 3.29. The van der Waals surface area contributed by atoms with Crippen LogP contribution >= 0.6 is 0 Å². The third-order valence-corrected chi connectivity index (χ3v) is 5.57. The summed E-state index contributed by atoms with van der Waals surface area (Å²) < 4.78 is 32.1. The van der Waals surface area contributed by atoms with Crippen molar-refractivity contribution in [2.45, 2.75) is 19.3 Å². The molecule has 2 aromatic carbocycles. The van der Waals surface area contributed by atoms with Gasteiger partial charge in [0.1, 0.15) is 11.5 Å². The van der Waals surface area contributed by atoms with Crippen LogP contribution in [0.3, 0.4) is 0 Å². The molecule has 0 aliphatic carbocycles. The standard InChI is InChI=1S/C25H25NO9/c1-13-7-17(27)23(25(29)35-13)16(14-8-20(30-2)24(32-4)21(9-14)31-3)11-22(28)26-15-5-6-18-19(10-15)34-12-33-18/h5-10,16,27H,11-12H2,1-4H3,(H,26,28). The van der Waals surface area contributed by atoms with E-state index in [0.717, 1.165) is 0 Å². The Morgan fingerprint density at radius 2 is 1.71 bits per heavy atom. The number of nitrogens with one attached hydrogen (secondary N) is 1. The molecule has 0 radical (unpaired) electrons. The van der Waals surface area contributed by atoms with Crippen LogP contribution in [0.15, 0.2) is 45.6 Å². The normalized spacial score (nSPS) is 12.7. The van der Waals surface area contributed by atoms with E-state index in [4.69, 9.17) is 28.1 Å². The van der Waals surface area contributed by atoms with Gasteiger partial charge in [0, 0.05) is 30.2 Å². The molecule has 0 saturated carbocycles. The van der Waals surface area contributed by atoms with E-state index in [1.807, 2.05) is 0 Å². The minimum atomic E-state index is -0.894. The summed E-state index contributed by atoms with van der Waals surface area (Å²) in [4.78, 5) is 25.9. The van der Waals surface area contributed by atoms with Gasteiger partial charge in [0.25, 0.3) is 0 Å². The highest BCUT2D eigenvalue weighted by Crippen LogP contribution is 2.43. The van der Waals surface area contributed by atoms with Crippen LogP contribution in [-0.2, 0) is 4.79 Å². The highest BCUT2D eigenvalue weighted by molar-refractivity contribution is 5.92. The molecule has 1 aliphatic rings. The monoisotopic (exact) mass is 483 g/mol. The van der Waals surface area contributed by atoms with Crippen molar-refractivity contribution in [3.8, 4) is 34.5 Å². The number of fused-ring (bicyclic) bond motifs is 1. The number of aryl methyl sites for hydroxylation is 1. The summed E-state index contributed by atoms with van der Waals surface area (Å²) in [6, 6.07) is 9.59. The Morgan fingerprint density at radius 3 is 2.34 bits per heavy atom. The van der Waals surface area contributed by atoms with Gasteiger partial charge in [-0.15, -0.1) is 0 Å². The van der Waals surface area contributed by atoms with Gasteiger partial charge in [0.05, 0.1) is 26.9 Å². The van der Waals surface area contributed by atoms with Gasteiger partial charge in [0.2, 0.25) is 18.4 Å². The zero-order chi connectivity index (χ0) is 25.1. The Labute approximate surface area is 200 Å². The Bertz CT molecular complexity index is 1290. The van der Waals surface area contributed by atoms with Gasteiger partial charge in [0.15, 0.2) is 23.0 Å². The van der Waals surface area contributed by atoms with Crippen LogP contribution in [0.5, 0.6) is 34.5 Å². The minimum Gasteiger partial charge on any atom is -0.507 e. The van der Waals surface area contributed by atoms with E-state index in [1.54, 1.807) is 37.3 Å². The lowest BCUT2D eigenvalue weighted by molar-refractivity contribution is -0.116. The van der Waals surface area contributed by atoms with Crippen LogP contribution in [0.2, 0.25) is 0 Å². The number of carbonyl (C=O) groups excluding carboxylic acids is 1. The van der Waals surface area contributed by atoms with Crippen molar-refractivity contribution in [3.63, 3.8) is 0 Å².